The van der Waals surface area contributed by atoms with Gasteiger partial charge in [0.05, 0.1) is 0 Å². The lowest BCUT2D eigenvalue weighted by molar-refractivity contribution is 0.313. The molecule has 4 rings (SSSR count). The van der Waals surface area contributed by atoms with E-state index in [9.17, 15) is 0 Å². The molecule has 7 nitrogen and oxygen atoms in total. The van der Waals surface area contributed by atoms with Crippen molar-refractivity contribution in [3.8, 4) is 5.82 Å². The Kier molecular flexibility index (Phi) is 4.79. The van der Waals surface area contributed by atoms with Crippen LogP contribution in [-0.4, -0.2) is 57.6 Å². The van der Waals surface area contributed by atoms with Crippen molar-refractivity contribution in [1.29, 1.82) is 0 Å². The van der Waals surface area contributed by atoms with Gasteiger partial charge in [-0.2, -0.15) is 4.98 Å². The number of aromatic nitrogens is 4. The molecule has 2 aromatic heterocycles. The summed E-state index contributed by atoms with van der Waals surface area (Å²) >= 11 is 0. The number of hydrogen-bond acceptors (Lipinski definition) is 6. The highest BCUT2D eigenvalue weighted by Crippen LogP contribution is 2.17. The normalized spacial score (nSPS) is 15.2. The van der Waals surface area contributed by atoms with Gasteiger partial charge in [0.15, 0.2) is 0 Å². The molecule has 0 atom stereocenters. The lowest BCUT2D eigenvalue weighted by Gasteiger charge is -2.34. The maximum absolute atomic E-state index is 4.52. The van der Waals surface area contributed by atoms with Crippen molar-refractivity contribution in [2.45, 2.75) is 6.54 Å². The van der Waals surface area contributed by atoms with Gasteiger partial charge in [-0.15, -0.1) is 0 Å². The standard InChI is InChI=1S/C19H23N7/c1-24-10-12-25(13-11-24)17-4-2-16(3-5-17)14-22-19-21-7-6-18(23-19)26-9-8-20-15-26/h2-9,15H,10-14H2,1H3,(H,21,22,23). The number of piperazine rings is 1. The third kappa shape index (κ3) is 3.83. The number of benzene rings is 1. The highest BCUT2D eigenvalue weighted by molar-refractivity contribution is 5.48. The van der Waals surface area contributed by atoms with Crippen LogP contribution in [0.25, 0.3) is 5.82 Å². The summed E-state index contributed by atoms with van der Waals surface area (Å²) in [4.78, 5) is 17.7. The van der Waals surface area contributed by atoms with E-state index in [0.717, 1.165) is 32.0 Å². The maximum atomic E-state index is 4.52. The van der Waals surface area contributed by atoms with E-state index in [0.29, 0.717) is 12.5 Å². The average molecular weight is 349 g/mol. The van der Waals surface area contributed by atoms with E-state index in [2.05, 4.69) is 61.4 Å². The predicted octanol–water partition coefficient (Wildman–Crippen LogP) is 2.03. The Labute approximate surface area is 153 Å². The van der Waals surface area contributed by atoms with Crippen LogP contribution in [0.3, 0.4) is 0 Å². The third-order valence-corrected chi connectivity index (χ3v) is 4.67. The van der Waals surface area contributed by atoms with Gasteiger partial charge in [-0.05, 0) is 30.8 Å². The van der Waals surface area contributed by atoms with Gasteiger partial charge < -0.3 is 15.1 Å². The Morgan fingerprint density at radius 2 is 1.81 bits per heavy atom. The molecule has 1 aromatic carbocycles. The van der Waals surface area contributed by atoms with E-state index in [-0.39, 0.29) is 0 Å². The summed E-state index contributed by atoms with van der Waals surface area (Å²) in [5.74, 6) is 1.41. The molecule has 0 unspecified atom stereocenters. The minimum absolute atomic E-state index is 0.611. The van der Waals surface area contributed by atoms with E-state index in [4.69, 9.17) is 0 Å². The number of rotatable bonds is 5. The van der Waals surface area contributed by atoms with Crippen molar-refractivity contribution in [3.63, 3.8) is 0 Å². The zero-order chi connectivity index (χ0) is 17.8. The van der Waals surface area contributed by atoms with E-state index in [1.165, 1.54) is 11.3 Å². The smallest absolute Gasteiger partial charge is 0.224 e. The molecule has 1 saturated heterocycles. The minimum atomic E-state index is 0.611. The summed E-state index contributed by atoms with van der Waals surface area (Å²) in [7, 11) is 2.18. The van der Waals surface area contributed by atoms with Crippen LogP contribution in [0.1, 0.15) is 5.56 Å². The Morgan fingerprint density at radius 1 is 1.00 bits per heavy atom. The molecule has 0 spiro atoms. The quantitative estimate of drug-likeness (QED) is 0.760. The first-order valence-electron chi connectivity index (χ1n) is 8.85. The number of nitrogens with zero attached hydrogens (tertiary/aromatic N) is 6. The van der Waals surface area contributed by atoms with Gasteiger partial charge in [-0.1, -0.05) is 12.1 Å². The molecular weight excluding hydrogens is 326 g/mol. The van der Waals surface area contributed by atoms with Gasteiger partial charge in [0.25, 0.3) is 0 Å². The van der Waals surface area contributed by atoms with Gasteiger partial charge in [0.2, 0.25) is 5.95 Å². The van der Waals surface area contributed by atoms with Crippen molar-refractivity contribution in [3.05, 3.63) is 60.8 Å². The number of anilines is 2. The highest BCUT2D eigenvalue weighted by Gasteiger charge is 2.13. The molecule has 26 heavy (non-hydrogen) atoms. The Balaban J connectivity index is 1.37. The van der Waals surface area contributed by atoms with E-state index in [1.807, 2.05) is 16.8 Å². The SMILES string of the molecule is CN1CCN(c2ccc(CNc3nccc(-n4ccnc4)n3)cc2)CC1. The molecule has 134 valence electrons. The van der Waals surface area contributed by atoms with Gasteiger partial charge in [-0.3, -0.25) is 4.57 Å². The number of hydrogen-bond donors (Lipinski definition) is 1. The van der Waals surface area contributed by atoms with Crippen LogP contribution in [0.5, 0.6) is 0 Å². The summed E-state index contributed by atoms with van der Waals surface area (Å²) in [6, 6.07) is 10.6. The molecule has 7 heteroatoms. The molecule has 3 aromatic rings. The fraction of sp³-hybridized carbons (Fsp3) is 0.316. The van der Waals surface area contributed by atoms with Crippen molar-refractivity contribution < 1.29 is 0 Å². The second kappa shape index (κ2) is 7.53. The minimum Gasteiger partial charge on any atom is -0.369 e. The first-order chi connectivity index (χ1) is 12.8. The van der Waals surface area contributed by atoms with Crippen LogP contribution in [0, 0.1) is 0 Å². The average Bonchev–Trinajstić information content (AvgIpc) is 3.23. The molecule has 1 aliphatic rings. The van der Waals surface area contributed by atoms with Gasteiger partial charge in [0, 0.05) is 57.0 Å². The third-order valence-electron chi connectivity index (χ3n) is 4.67. The van der Waals surface area contributed by atoms with Crippen LogP contribution in [-0.2, 0) is 6.54 Å². The molecule has 1 aliphatic heterocycles. The summed E-state index contributed by atoms with van der Waals surface area (Å²) in [6.07, 6.45) is 7.07. The molecule has 1 N–H and O–H groups in total. The van der Waals surface area contributed by atoms with Crippen molar-refractivity contribution in [1.82, 2.24) is 24.4 Å². The second-order valence-electron chi connectivity index (χ2n) is 6.52. The maximum Gasteiger partial charge on any atom is 0.224 e. The van der Waals surface area contributed by atoms with E-state index in [1.54, 1.807) is 18.7 Å². The Hall–Kier alpha value is -2.93. The Morgan fingerprint density at radius 3 is 2.54 bits per heavy atom. The molecular formula is C19H23N7. The lowest BCUT2D eigenvalue weighted by Crippen LogP contribution is -2.44. The fourth-order valence-corrected chi connectivity index (χ4v) is 3.04. The summed E-state index contributed by atoms with van der Waals surface area (Å²) < 4.78 is 1.86. The number of nitrogens with one attached hydrogen (secondary N) is 1. The first-order valence-corrected chi connectivity index (χ1v) is 8.85. The van der Waals surface area contributed by atoms with E-state index < -0.39 is 0 Å². The Bertz CT molecular complexity index is 821. The predicted molar refractivity (Wildman–Crippen MR) is 103 cm³/mol. The second-order valence-corrected chi connectivity index (χ2v) is 6.52. The van der Waals surface area contributed by atoms with Crippen LogP contribution in [0.15, 0.2) is 55.2 Å². The molecule has 1 fully saturated rings. The number of likely N-dealkylation sites (N-methyl/N-ethyl adjacent to an activating group) is 1. The van der Waals surface area contributed by atoms with Crippen LogP contribution < -0.4 is 10.2 Å². The highest BCUT2D eigenvalue weighted by atomic mass is 15.2. The van der Waals surface area contributed by atoms with Gasteiger partial charge in [-0.25, -0.2) is 9.97 Å². The zero-order valence-electron chi connectivity index (χ0n) is 14.9. The summed E-state index contributed by atoms with van der Waals surface area (Å²) in [5.41, 5.74) is 2.50. The van der Waals surface area contributed by atoms with Crippen molar-refractivity contribution in [2.24, 2.45) is 0 Å². The molecule has 0 radical (unpaired) electrons. The van der Waals surface area contributed by atoms with Crippen LogP contribution in [0.4, 0.5) is 11.6 Å². The summed E-state index contributed by atoms with van der Waals surface area (Å²) in [5, 5.41) is 3.29. The van der Waals surface area contributed by atoms with Crippen molar-refractivity contribution in [2.75, 3.05) is 43.4 Å². The van der Waals surface area contributed by atoms with Crippen LogP contribution in [0.2, 0.25) is 0 Å². The summed E-state index contributed by atoms with van der Waals surface area (Å²) in [6.45, 7) is 5.10. The number of imidazole rings is 1. The molecule has 0 amide bonds. The molecule has 0 saturated carbocycles. The van der Waals surface area contributed by atoms with Crippen LogP contribution >= 0.6 is 0 Å². The van der Waals surface area contributed by atoms with Crippen molar-refractivity contribution >= 4 is 11.6 Å². The van der Waals surface area contributed by atoms with Gasteiger partial charge in [0.1, 0.15) is 12.1 Å². The zero-order valence-corrected chi connectivity index (χ0v) is 14.9. The molecule has 0 bridgehead atoms. The van der Waals surface area contributed by atoms with E-state index >= 15 is 0 Å². The largest absolute Gasteiger partial charge is 0.369 e. The lowest BCUT2D eigenvalue weighted by atomic mass is 10.2. The van der Waals surface area contributed by atoms with Gasteiger partial charge >= 0.3 is 0 Å². The molecule has 3 heterocycles. The topological polar surface area (TPSA) is 62.1 Å². The monoisotopic (exact) mass is 349 g/mol. The fourth-order valence-electron chi connectivity index (χ4n) is 3.04. The first kappa shape index (κ1) is 16.5. The molecule has 0 aliphatic carbocycles.